The van der Waals surface area contributed by atoms with Crippen molar-refractivity contribution in [1.82, 2.24) is 4.98 Å². The molecule has 0 aromatic carbocycles. The fourth-order valence-electron chi connectivity index (χ4n) is 2.19. The number of carbonyl (C=O) groups is 1. The zero-order valence-corrected chi connectivity index (χ0v) is 10.3. The first-order valence-corrected chi connectivity index (χ1v) is 6.05. The van der Waals surface area contributed by atoms with Crippen LogP contribution in [0.5, 0.6) is 5.88 Å². The molecule has 1 aliphatic rings. The Morgan fingerprint density at radius 2 is 2.06 bits per heavy atom. The van der Waals surface area contributed by atoms with Gasteiger partial charge in [0.25, 0.3) is 0 Å². The second kappa shape index (κ2) is 5.80. The first-order valence-electron chi connectivity index (χ1n) is 6.05. The van der Waals surface area contributed by atoms with Crippen LogP contribution < -0.4 is 4.74 Å². The molecule has 98 valence electrons. The van der Waals surface area contributed by atoms with Crippen molar-refractivity contribution in [2.45, 2.75) is 31.8 Å². The number of methoxy groups -OCH3 is 1. The Kier molecular flexibility index (Phi) is 4.12. The van der Waals surface area contributed by atoms with E-state index in [1.165, 1.54) is 19.2 Å². The maximum absolute atomic E-state index is 12.7. The molecule has 2 rings (SSSR count). The summed E-state index contributed by atoms with van der Waals surface area (Å²) in [6, 6.07) is 2.84. The van der Waals surface area contributed by atoms with E-state index in [2.05, 4.69) is 4.98 Å². The Hall–Kier alpha value is -1.65. The van der Waals surface area contributed by atoms with Crippen LogP contribution in [0, 0.1) is 11.7 Å². The van der Waals surface area contributed by atoms with Crippen LogP contribution in [0.1, 0.15) is 25.7 Å². The fourth-order valence-corrected chi connectivity index (χ4v) is 2.19. The Morgan fingerprint density at radius 1 is 1.33 bits per heavy atom. The molecular formula is C13H16FNO3. The van der Waals surface area contributed by atoms with Crippen molar-refractivity contribution in [2.75, 3.05) is 7.11 Å². The minimum absolute atomic E-state index is 0.0176. The number of nitrogens with zero attached hydrogens (tertiary/aromatic N) is 1. The average Bonchev–Trinajstić information content (AvgIpc) is 2.41. The van der Waals surface area contributed by atoms with E-state index in [0.29, 0.717) is 5.88 Å². The van der Waals surface area contributed by atoms with Gasteiger partial charge in [-0.2, -0.15) is 0 Å². The molecule has 1 heterocycles. The smallest absolute Gasteiger partial charge is 0.308 e. The van der Waals surface area contributed by atoms with Crippen molar-refractivity contribution in [3.8, 4) is 5.88 Å². The van der Waals surface area contributed by atoms with Crippen molar-refractivity contribution in [2.24, 2.45) is 5.92 Å². The molecule has 1 aromatic heterocycles. The van der Waals surface area contributed by atoms with Crippen molar-refractivity contribution in [3.63, 3.8) is 0 Å². The number of ether oxygens (including phenoxy) is 2. The van der Waals surface area contributed by atoms with E-state index in [1.807, 2.05) is 0 Å². The molecule has 1 aliphatic carbocycles. The van der Waals surface area contributed by atoms with Gasteiger partial charge in [-0.15, -0.1) is 0 Å². The van der Waals surface area contributed by atoms with Gasteiger partial charge in [-0.05, 0) is 31.7 Å². The molecule has 5 heteroatoms. The van der Waals surface area contributed by atoms with Gasteiger partial charge in [0, 0.05) is 6.07 Å². The Bertz CT molecular complexity index is 399. The first-order chi connectivity index (χ1) is 8.69. The van der Waals surface area contributed by atoms with Crippen LogP contribution in [0.4, 0.5) is 4.39 Å². The molecule has 0 spiro atoms. The molecule has 0 N–H and O–H groups in total. The minimum Gasteiger partial charge on any atom is -0.474 e. The summed E-state index contributed by atoms with van der Waals surface area (Å²) >= 11 is 0. The number of hydrogen-bond donors (Lipinski definition) is 0. The van der Waals surface area contributed by atoms with Crippen LogP contribution in [-0.4, -0.2) is 24.2 Å². The molecule has 0 unspecified atom stereocenters. The third kappa shape index (κ3) is 3.18. The fraction of sp³-hybridized carbons (Fsp3) is 0.538. The Balaban J connectivity index is 1.83. The molecule has 0 aliphatic heterocycles. The molecule has 0 radical (unpaired) electrons. The van der Waals surface area contributed by atoms with Crippen LogP contribution in [-0.2, 0) is 9.53 Å². The van der Waals surface area contributed by atoms with E-state index in [-0.39, 0.29) is 23.8 Å². The van der Waals surface area contributed by atoms with Gasteiger partial charge in [0.2, 0.25) is 5.88 Å². The van der Waals surface area contributed by atoms with E-state index in [9.17, 15) is 9.18 Å². The largest absolute Gasteiger partial charge is 0.474 e. The summed E-state index contributed by atoms with van der Waals surface area (Å²) in [4.78, 5) is 15.2. The highest BCUT2D eigenvalue weighted by atomic mass is 19.1. The molecule has 0 bridgehead atoms. The summed E-state index contributed by atoms with van der Waals surface area (Å²) < 4.78 is 23.0. The van der Waals surface area contributed by atoms with E-state index >= 15 is 0 Å². The summed E-state index contributed by atoms with van der Waals surface area (Å²) in [5.41, 5.74) is 0. The summed E-state index contributed by atoms with van der Waals surface area (Å²) in [5, 5.41) is 0. The lowest BCUT2D eigenvalue weighted by Crippen LogP contribution is -2.28. The monoisotopic (exact) mass is 253 g/mol. The highest BCUT2D eigenvalue weighted by molar-refractivity contribution is 5.72. The summed E-state index contributed by atoms with van der Waals surface area (Å²) in [5.74, 6) is -0.112. The van der Waals surface area contributed by atoms with Gasteiger partial charge < -0.3 is 9.47 Å². The van der Waals surface area contributed by atoms with Crippen LogP contribution in [0.15, 0.2) is 18.3 Å². The second-order valence-corrected chi connectivity index (χ2v) is 4.43. The summed E-state index contributed by atoms with van der Waals surface area (Å²) in [6.45, 7) is 0. The van der Waals surface area contributed by atoms with Gasteiger partial charge in [0.15, 0.2) is 0 Å². The van der Waals surface area contributed by atoms with Crippen LogP contribution in [0.25, 0.3) is 0 Å². The number of pyridine rings is 1. The Labute approximate surface area is 105 Å². The first kappa shape index (κ1) is 12.8. The van der Waals surface area contributed by atoms with E-state index in [1.54, 1.807) is 0 Å². The van der Waals surface area contributed by atoms with Gasteiger partial charge in [-0.25, -0.2) is 9.37 Å². The standard InChI is InChI=1S/C13H16FNO3/c1-17-13(16)9-2-5-11(6-3-9)18-12-7-4-10(14)8-15-12/h4,7-9,11H,2-3,5-6H2,1H3/t9-,11-. The number of aromatic nitrogens is 1. The average molecular weight is 253 g/mol. The predicted octanol–water partition coefficient (Wildman–Crippen LogP) is 2.33. The minimum atomic E-state index is -0.378. The van der Waals surface area contributed by atoms with Crippen molar-refractivity contribution in [1.29, 1.82) is 0 Å². The van der Waals surface area contributed by atoms with Crippen LogP contribution >= 0.6 is 0 Å². The predicted molar refractivity (Wildman–Crippen MR) is 62.6 cm³/mol. The molecule has 1 aromatic rings. The van der Waals surface area contributed by atoms with Gasteiger partial charge in [0.1, 0.15) is 11.9 Å². The third-order valence-electron chi connectivity index (χ3n) is 3.20. The van der Waals surface area contributed by atoms with Gasteiger partial charge in [-0.1, -0.05) is 0 Å². The number of halogens is 1. The molecule has 1 fully saturated rings. The van der Waals surface area contributed by atoms with Crippen molar-refractivity contribution >= 4 is 5.97 Å². The number of rotatable bonds is 3. The van der Waals surface area contributed by atoms with Gasteiger partial charge in [-0.3, -0.25) is 4.79 Å². The SMILES string of the molecule is COC(=O)[C@H]1CC[C@H](Oc2ccc(F)cn2)CC1. The molecule has 4 nitrogen and oxygen atoms in total. The van der Waals surface area contributed by atoms with Crippen molar-refractivity contribution in [3.05, 3.63) is 24.1 Å². The molecule has 0 saturated heterocycles. The topological polar surface area (TPSA) is 48.4 Å². The molecule has 1 saturated carbocycles. The van der Waals surface area contributed by atoms with Gasteiger partial charge in [0.05, 0.1) is 19.2 Å². The quantitative estimate of drug-likeness (QED) is 0.776. The third-order valence-corrected chi connectivity index (χ3v) is 3.20. The molecule has 0 amide bonds. The number of carbonyl (C=O) groups excluding carboxylic acids is 1. The Morgan fingerprint density at radius 3 is 2.61 bits per heavy atom. The van der Waals surface area contributed by atoms with E-state index < -0.39 is 0 Å². The van der Waals surface area contributed by atoms with E-state index in [0.717, 1.165) is 31.9 Å². The number of hydrogen-bond acceptors (Lipinski definition) is 4. The van der Waals surface area contributed by atoms with Crippen LogP contribution in [0.2, 0.25) is 0 Å². The zero-order chi connectivity index (χ0) is 13.0. The van der Waals surface area contributed by atoms with E-state index in [4.69, 9.17) is 9.47 Å². The maximum atomic E-state index is 12.7. The lowest BCUT2D eigenvalue weighted by molar-refractivity contribution is -0.147. The lowest BCUT2D eigenvalue weighted by Gasteiger charge is -2.26. The number of esters is 1. The normalized spacial score (nSPS) is 23.4. The molecule has 0 atom stereocenters. The molecule has 18 heavy (non-hydrogen) atoms. The zero-order valence-electron chi connectivity index (χ0n) is 10.3. The highest BCUT2D eigenvalue weighted by Crippen LogP contribution is 2.27. The summed E-state index contributed by atoms with van der Waals surface area (Å²) in [6.07, 6.45) is 4.29. The lowest BCUT2D eigenvalue weighted by atomic mass is 9.87. The van der Waals surface area contributed by atoms with Crippen molar-refractivity contribution < 1.29 is 18.7 Å². The highest BCUT2D eigenvalue weighted by Gasteiger charge is 2.27. The maximum Gasteiger partial charge on any atom is 0.308 e. The second-order valence-electron chi connectivity index (χ2n) is 4.43. The van der Waals surface area contributed by atoms with Crippen LogP contribution in [0.3, 0.4) is 0 Å². The summed E-state index contributed by atoms with van der Waals surface area (Å²) in [7, 11) is 1.41. The molecular weight excluding hydrogens is 237 g/mol. The van der Waals surface area contributed by atoms with Gasteiger partial charge >= 0.3 is 5.97 Å².